The summed E-state index contributed by atoms with van der Waals surface area (Å²) in [6, 6.07) is 3.06. The van der Waals surface area contributed by atoms with Gasteiger partial charge in [-0.25, -0.2) is 0 Å². The topological polar surface area (TPSA) is 35.2 Å². The highest BCUT2D eigenvalue weighted by atomic mass is 19.3. The molecule has 0 aliphatic carbocycles. The van der Waals surface area contributed by atoms with E-state index in [1.807, 2.05) is 6.92 Å². The lowest BCUT2D eigenvalue weighted by molar-refractivity contribution is -0.0688. The van der Waals surface area contributed by atoms with Crippen molar-refractivity contribution < 1.29 is 13.5 Å². The fourth-order valence-electron chi connectivity index (χ4n) is 1.55. The first-order valence-electron chi connectivity index (χ1n) is 5.43. The zero-order valence-corrected chi connectivity index (χ0v) is 10.9. The average Bonchev–Trinajstić information content (AvgIpc) is 2.19. The molecule has 17 heavy (non-hydrogen) atoms. The van der Waals surface area contributed by atoms with Crippen LogP contribution >= 0.6 is 0 Å². The van der Waals surface area contributed by atoms with Crippen molar-refractivity contribution in [3.63, 3.8) is 0 Å². The van der Waals surface area contributed by atoms with Crippen LogP contribution < -0.4 is 10.5 Å². The van der Waals surface area contributed by atoms with E-state index in [1.54, 1.807) is 13.0 Å². The van der Waals surface area contributed by atoms with Crippen LogP contribution in [0.3, 0.4) is 0 Å². The minimum absolute atomic E-state index is 0.157. The summed E-state index contributed by atoms with van der Waals surface area (Å²) in [6.45, 7) is 6.26. The van der Waals surface area contributed by atoms with Gasteiger partial charge in [-0.05, 0) is 51.0 Å². The highest BCUT2D eigenvalue weighted by molar-refractivity contribution is 5.45. The normalized spacial score (nSPS) is 12.7. The molecule has 0 saturated carbocycles. The Bertz CT molecular complexity index is 422. The quantitative estimate of drug-likeness (QED) is 0.885. The maximum Gasteiger partial charge on any atom is 0.293 e. The smallest absolute Gasteiger partial charge is 0.293 e. The van der Waals surface area contributed by atoms with Gasteiger partial charge >= 0.3 is 0 Å². The second-order valence-electron chi connectivity index (χ2n) is 4.93. The maximum atomic E-state index is 14.2. The summed E-state index contributed by atoms with van der Waals surface area (Å²) in [4.78, 5) is 0. The largest absolute Gasteiger partial charge is 0.496 e. The molecular weight excluding hydrogens is 224 g/mol. The van der Waals surface area contributed by atoms with E-state index in [0.29, 0.717) is 0 Å². The van der Waals surface area contributed by atoms with E-state index in [9.17, 15) is 8.78 Å². The Balaban J connectivity index is 3.45. The molecule has 2 N–H and O–H groups in total. The lowest BCUT2D eigenvalue weighted by atomic mass is 9.89. The van der Waals surface area contributed by atoms with Crippen molar-refractivity contribution in [2.75, 3.05) is 7.11 Å². The molecule has 1 aromatic carbocycles. The number of aryl methyl sites for hydroxylation is 2. The zero-order chi connectivity index (χ0) is 13.4. The Morgan fingerprint density at radius 1 is 1.12 bits per heavy atom. The summed E-state index contributed by atoms with van der Waals surface area (Å²) in [5, 5.41) is 0. The molecule has 0 atom stereocenters. The monoisotopic (exact) mass is 243 g/mol. The van der Waals surface area contributed by atoms with Crippen LogP contribution in [0, 0.1) is 13.8 Å². The molecule has 2 nitrogen and oxygen atoms in total. The Morgan fingerprint density at radius 3 is 2.00 bits per heavy atom. The molecular formula is C13H19F2NO. The van der Waals surface area contributed by atoms with Gasteiger partial charge in [0.1, 0.15) is 5.75 Å². The number of benzene rings is 1. The van der Waals surface area contributed by atoms with Gasteiger partial charge in [-0.2, -0.15) is 8.78 Å². The molecule has 0 bridgehead atoms. The maximum absolute atomic E-state index is 14.2. The summed E-state index contributed by atoms with van der Waals surface area (Å²) in [5.41, 5.74) is 5.47. The Labute approximate surface area is 101 Å². The number of halogens is 2. The van der Waals surface area contributed by atoms with Crippen LogP contribution in [0.1, 0.15) is 30.5 Å². The van der Waals surface area contributed by atoms with Gasteiger partial charge in [-0.3, -0.25) is 0 Å². The van der Waals surface area contributed by atoms with Crippen molar-refractivity contribution >= 4 is 0 Å². The molecule has 1 rings (SSSR count). The van der Waals surface area contributed by atoms with Gasteiger partial charge in [0.25, 0.3) is 5.92 Å². The molecule has 4 heteroatoms. The molecule has 0 fully saturated rings. The van der Waals surface area contributed by atoms with Gasteiger partial charge in [0, 0.05) is 0 Å². The summed E-state index contributed by atoms with van der Waals surface area (Å²) < 4.78 is 33.5. The third-order valence-electron chi connectivity index (χ3n) is 2.96. The second kappa shape index (κ2) is 4.26. The van der Waals surface area contributed by atoms with Crippen LogP contribution in [0.15, 0.2) is 12.1 Å². The summed E-state index contributed by atoms with van der Waals surface area (Å²) >= 11 is 0. The first kappa shape index (κ1) is 13.9. The van der Waals surface area contributed by atoms with Crippen molar-refractivity contribution in [3.8, 4) is 5.75 Å². The van der Waals surface area contributed by atoms with E-state index in [1.165, 1.54) is 27.0 Å². The predicted octanol–water partition coefficient (Wildman–Crippen LogP) is 3.14. The molecule has 0 heterocycles. The molecule has 0 aliphatic rings. The third kappa shape index (κ3) is 2.41. The highest BCUT2D eigenvalue weighted by Crippen LogP contribution is 2.42. The molecule has 0 aromatic heterocycles. The SMILES string of the molecule is COc1cc(C)c(C)cc1C(F)(F)C(C)(C)N. The first-order chi connectivity index (χ1) is 7.61. The van der Waals surface area contributed by atoms with Gasteiger partial charge in [0.15, 0.2) is 0 Å². The second-order valence-corrected chi connectivity index (χ2v) is 4.93. The molecule has 0 radical (unpaired) electrons. The number of methoxy groups -OCH3 is 1. The van der Waals surface area contributed by atoms with Crippen LogP contribution in [0.2, 0.25) is 0 Å². The fourth-order valence-corrected chi connectivity index (χ4v) is 1.55. The Morgan fingerprint density at radius 2 is 1.59 bits per heavy atom. The lowest BCUT2D eigenvalue weighted by Gasteiger charge is -2.31. The fraction of sp³-hybridized carbons (Fsp3) is 0.538. The molecule has 0 unspecified atom stereocenters. The van der Waals surface area contributed by atoms with Gasteiger partial charge in [0.05, 0.1) is 18.2 Å². The van der Waals surface area contributed by atoms with Gasteiger partial charge in [-0.1, -0.05) is 0 Å². The van der Waals surface area contributed by atoms with Crippen LogP contribution in [0.5, 0.6) is 5.75 Å². The van der Waals surface area contributed by atoms with Gasteiger partial charge < -0.3 is 10.5 Å². The van der Waals surface area contributed by atoms with E-state index in [-0.39, 0.29) is 11.3 Å². The van der Waals surface area contributed by atoms with Crippen molar-refractivity contribution in [2.24, 2.45) is 5.73 Å². The predicted molar refractivity (Wildman–Crippen MR) is 64.6 cm³/mol. The van der Waals surface area contributed by atoms with Gasteiger partial charge in [0.2, 0.25) is 0 Å². The van der Waals surface area contributed by atoms with Crippen molar-refractivity contribution in [1.82, 2.24) is 0 Å². The zero-order valence-electron chi connectivity index (χ0n) is 10.9. The van der Waals surface area contributed by atoms with Crippen molar-refractivity contribution in [1.29, 1.82) is 0 Å². The van der Waals surface area contributed by atoms with E-state index in [0.717, 1.165) is 11.1 Å². The summed E-state index contributed by atoms with van der Waals surface area (Å²) in [6.07, 6.45) is 0. The average molecular weight is 243 g/mol. The van der Waals surface area contributed by atoms with E-state index >= 15 is 0 Å². The minimum atomic E-state index is -3.14. The third-order valence-corrected chi connectivity index (χ3v) is 2.96. The Hall–Kier alpha value is -1.16. The highest BCUT2D eigenvalue weighted by Gasteiger charge is 2.47. The number of rotatable bonds is 3. The number of alkyl halides is 2. The number of hydrogen-bond acceptors (Lipinski definition) is 2. The molecule has 0 spiro atoms. The number of ether oxygens (including phenoxy) is 1. The first-order valence-corrected chi connectivity index (χ1v) is 5.43. The number of hydrogen-bond donors (Lipinski definition) is 1. The van der Waals surface area contributed by atoms with E-state index < -0.39 is 11.5 Å². The molecule has 1 aromatic rings. The van der Waals surface area contributed by atoms with Crippen LogP contribution in [0.25, 0.3) is 0 Å². The number of nitrogens with two attached hydrogens (primary N) is 1. The van der Waals surface area contributed by atoms with Crippen molar-refractivity contribution in [3.05, 3.63) is 28.8 Å². The molecule has 0 saturated heterocycles. The van der Waals surface area contributed by atoms with Crippen LogP contribution in [-0.4, -0.2) is 12.6 Å². The van der Waals surface area contributed by atoms with Crippen LogP contribution in [0.4, 0.5) is 8.78 Å². The molecule has 0 aliphatic heterocycles. The van der Waals surface area contributed by atoms with Crippen molar-refractivity contribution in [2.45, 2.75) is 39.2 Å². The van der Waals surface area contributed by atoms with E-state index in [4.69, 9.17) is 10.5 Å². The molecule has 0 amide bonds. The Kier molecular flexibility index (Phi) is 3.48. The summed E-state index contributed by atoms with van der Waals surface area (Å²) in [7, 11) is 1.38. The lowest BCUT2D eigenvalue weighted by Crippen LogP contribution is -2.48. The standard InChI is InChI=1S/C13H19F2NO/c1-8-6-10(11(17-5)7-9(8)2)13(14,15)12(3,4)16/h6-7H,16H2,1-5H3. The molecule has 96 valence electrons. The van der Waals surface area contributed by atoms with Crippen LogP contribution in [-0.2, 0) is 5.92 Å². The van der Waals surface area contributed by atoms with Gasteiger partial charge in [-0.15, -0.1) is 0 Å². The van der Waals surface area contributed by atoms with E-state index in [2.05, 4.69) is 0 Å². The summed E-state index contributed by atoms with van der Waals surface area (Å²) in [5.74, 6) is -2.96. The minimum Gasteiger partial charge on any atom is -0.496 e.